The van der Waals surface area contributed by atoms with Crippen LogP contribution in [0.4, 0.5) is 8.78 Å². The molecule has 0 aromatic heterocycles. The van der Waals surface area contributed by atoms with Crippen LogP contribution in [0.5, 0.6) is 0 Å². The van der Waals surface area contributed by atoms with Crippen molar-refractivity contribution in [2.24, 2.45) is 4.40 Å². The molecule has 0 radical (unpaired) electrons. The number of halogens is 2. The highest BCUT2D eigenvalue weighted by Gasteiger charge is 2.23. The highest BCUT2D eigenvalue weighted by Crippen LogP contribution is 2.26. The number of carbonyl (C=O) groups excluding carboxylic acids is 2. The van der Waals surface area contributed by atoms with Gasteiger partial charge in [0.15, 0.2) is 6.17 Å². The van der Waals surface area contributed by atoms with Crippen LogP contribution in [0.15, 0.2) is 28.7 Å². The van der Waals surface area contributed by atoms with E-state index in [2.05, 4.69) is 4.40 Å². The maximum atomic E-state index is 13.3. The molecule has 1 aromatic carbocycles. The molecular weight excluding hydrogens is 224 g/mol. The van der Waals surface area contributed by atoms with Gasteiger partial charge in [0, 0.05) is 5.56 Å². The van der Waals surface area contributed by atoms with Gasteiger partial charge in [-0.05, 0) is 6.07 Å². The monoisotopic (exact) mass is 229 g/mol. The smallest absolute Gasteiger partial charge is 0.250 e. The van der Waals surface area contributed by atoms with Crippen molar-refractivity contribution in [1.82, 2.24) is 0 Å². The molecule has 0 aliphatic heterocycles. The number of hydrogen-bond acceptors (Lipinski definition) is 4. The zero-order chi connectivity index (χ0) is 11.3. The summed E-state index contributed by atoms with van der Waals surface area (Å²) in [6.45, 7) is 0. The fourth-order valence-electron chi connectivity index (χ4n) is 0.917. The Balaban J connectivity index is 2.85. The van der Waals surface area contributed by atoms with Gasteiger partial charge in [0.2, 0.25) is 6.08 Å². The molecule has 0 amide bonds. The third-order valence-corrected chi connectivity index (χ3v) is 2.11. The van der Waals surface area contributed by atoms with E-state index in [4.69, 9.17) is 0 Å². The Bertz CT molecular complexity index is 418. The van der Waals surface area contributed by atoms with E-state index in [1.165, 1.54) is 12.1 Å². The summed E-state index contributed by atoms with van der Waals surface area (Å²) in [5.41, 5.74) is -0.365. The van der Waals surface area contributed by atoms with Gasteiger partial charge in [0.1, 0.15) is 5.82 Å². The number of carbonyl (C=O) groups is 1. The molecule has 15 heavy (non-hydrogen) atoms. The van der Waals surface area contributed by atoms with E-state index in [0.717, 1.165) is 18.2 Å². The molecule has 78 valence electrons. The minimum atomic E-state index is -2.13. The lowest BCUT2D eigenvalue weighted by atomic mass is 10.1. The average Bonchev–Trinajstić information content (AvgIpc) is 2.25. The minimum absolute atomic E-state index is 0.109. The second kappa shape index (κ2) is 5.38. The SMILES string of the molecule is O=C=NSC(=O)C(F)c1ccccc1F. The summed E-state index contributed by atoms with van der Waals surface area (Å²) in [6, 6.07) is 4.99. The third kappa shape index (κ3) is 2.97. The van der Waals surface area contributed by atoms with Gasteiger partial charge in [-0.1, -0.05) is 18.2 Å². The molecule has 1 atom stereocenters. The van der Waals surface area contributed by atoms with Crippen molar-refractivity contribution in [3.63, 3.8) is 0 Å². The highest BCUT2D eigenvalue weighted by atomic mass is 32.2. The van der Waals surface area contributed by atoms with Gasteiger partial charge < -0.3 is 0 Å². The number of benzene rings is 1. The lowest BCUT2D eigenvalue weighted by Gasteiger charge is -2.05. The van der Waals surface area contributed by atoms with E-state index in [9.17, 15) is 18.4 Å². The van der Waals surface area contributed by atoms with Crippen LogP contribution in [0.25, 0.3) is 0 Å². The highest BCUT2D eigenvalue weighted by molar-refractivity contribution is 8.12. The van der Waals surface area contributed by atoms with Crippen LogP contribution in [-0.4, -0.2) is 11.2 Å². The van der Waals surface area contributed by atoms with E-state index >= 15 is 0 Å². The van der Waals surface area contributed by atoms with Crippen LogP contribution in [0.2, 0.25) is 0 Å². The summed E-state index contributed by atoms with van der Waals surface area (Å²) in [5, 5.41) is -1.05. The molecule has 0 saturated heterocycles. The molecule has 1 rings (SSSR count). The van der Waals surface area contributed by atoms with E-state index < -0.39 is 17.1 Å². The first-order chi connectivity index (χ1) is 7.16. The lowest BCUT2D eigenvalue weighted by Crippen LogP contribution is -2.04. The van der Waals surface area contributed by atoms with Gasteiger partial charge in [0.25, 0.3) is 5.12 Å². The summed E-state index contributed by atoms with van der Waals surface area (Å²) in [4.78, 5) is 20.7. The lowest BCUT2D eigenvalue weighted by molar-refractivity contribution is -0.115. The maximum absolute atomic E-state index is 13.3. The van der Waals surface area contributed by atoms with Crippen LogP contribution < -0.4 is 0 Å². The summed E-state index contributed by atoms with van der Waals surface area (Å²) in [5.74, 6) is -0.811. The number of nitrogens with zero attached hydrogens (tertiary/aromatic N) is 1. The minimum Gasteiger partial charge on any atom is -0.281 e. The maximum Gasteiger partial charge on any atom is 0.250 e. The first-order valence-electron chi connectivity index (χ1n) is 3.83. The van der Waals surface area contributed by atoms with Gasteiger partial charge >= 0.3 is 0 Å². The van der Waals surface area contributed by atoms with Gasteiger partial charge in [-0.15, -0.1) is 4.40 Å². The van der Waals surface area contributed by atoms with E-state index in [1.54, 1.807) is 0 Å². The zero-order valence-corrected chi connectivity index (χ0v) is 8.13. The summed E-state index contributed by atoms with van der Waals surface area (Å²) in [6.07, 6.45) is -1.05. The molecule has 0 aliphatic carbocycles. The second-order valence-electron chi connectivity index (χ2n) is 2.48. The van der Waals surface area contributed by atoms with Crippen LogP contribution in [0.3, 0.4) is 0 Å². The summed E-state index contributed by atoms with van der Waals surface area (Å²) < 4.78 is 29.2. The molecule has 0 heterocycles. The number of hydrogen-bond donors (Lipinski definition) is 0. The van der Waals surface area contributed by atoms with Crippen molar-refractivity contribution in [2.75, 3.05) is 0 Å². The number of alkyl halides is 1. The third-order valence-electron chi connectivity index (χ3n) is 1.56. The molecule has 0 bridgehead atoms. The molecular formula is C9H5F2NO2S. The molecule has 1 unspecified atom stereocenters. The van der Waals surface area contributed by atoms with Crippen LogP contribution in [-0.2, 0) is 9.59 Å². The van der Waals surface area contributed by atoms with Gasteiger partial charge in [-0.2, -0.15) is 0 Å². The standard InChI is InChI=1S/C9H5F2NO2S/c10-7-4-2-1-3-6(7)8(11)9(14)15-12-5-13/h1-4,8H. The Kier molecular flexibility index (Phi) is 4.15. The molecule has 3 nitrogen and oxygen atoms in total. The summed E-state index contributed by atoms with van der Waals surface area (Å²) >= 11 is 0.109. The fraction of sp³-hybridized carbons (Fsp3) is 0.111. The molecule has 0 fully saturated rings. The quantitative estimate of drug-likeness (QED) is 0.454. The molecule has 0 spiro atoms. The Morgan fingerprint density at radius 3 is 2.73 bits per heavy atom. The molecule has 0 aliphatic rings. The van der Waals surface area contributed by atoms with Gasteiger partial charge in [-0.25, -0.2) is 13.6 Å². The Morgan fingerprint density at radius 2 is 2.13 bits per heavy atom. The Morgan fingerprint density at radius 1 is 1.47 bits per heavy atom. The van der Waals surface area contributed by atoms with Crippen molar-refractivity contribution in [3.8, 4) is 0 Å². The summed E-state index contributed by atoms with van der Waals surface area (Å²) in [7, 11) is 0. The fourth-order valence-corrected chi connectivity index (χ4v) is 1.26. The van der Waals surface area contributed by atoms with Gasteiger partial charge in [-0.3, -0.25) is 4.79 Å². The van der Waals surface area contributed by atoms with Crippen molar-refractivity contribution < 1.29 is 18.4 Å². The van der Waals surface area contributed by atoms with Crippen molar-refractivity contribution >= 4 is 23.1 Å². The predicted molar refractivity (Wildman–Crippen MR) is 51.0 cm³/mol. The largest absolute Gasteiger partial charge is 0.281 e. The van der Waals surface area contributed by atoms with Gasteiger partial charge in [0.05, 0.1) is 11.9 Å². The Labute approximate surface area is 88.3 Å². The predicted octanol–water partition coefficient (Wildman–Crippen LogP) is 2.35. The Hall–Kier alpha value is -1.52. The number of isocyanates is 1. The van der Waals surface area contributed by atoms with Crippen LogP contribution >= 0.6 is 11.9 Å². The topological polar surface area (TPSA) is 46.5 Å². The molecule has 0 N–H and O–H groups in total. The molecule has 1 aromatic rings. The van der Waals surface area contributed by atoms with Crippen molar-refractivity contribution in [1.29, 1.82) is 0 Å². The number of rotatable bonds is 3. The van der Waals surface area contributed by atoms with Crippen LogP contribution in [0.1, 0.15) is 11.7 Å². The molecule has 6 heteroatoms. The van der Waals surface area contributed by atoms with E-state index in [-0.39, 0.29) is 17.5 Å². The average molecular weight is 229 g/mol. The van der Waals surface area contributed by atoms with E-state index in [1.807, 2.05) is 0 Å². The van der Waals surface area contributed by atoms with Crippen LogP contribution in [0, 0.1) is 5.82 Å². The molecule has 0 saturated carbocycles. The first kappa shape index (κ1) is 11.6. The second-order valence-corrected chi connectivity index (χ2v) is 3.24. The first-order valence-corrected chi connectivity index (χ1v) is 4.60. The van der Waals surface area contributed by atoms with E-state index in [0.29, 0.717) is 0 Å². The normalized spacial score (nSPS) is 11.6. The zero-order valence-electron chi connectivity index (χ0n) is 7.31. The van der Waals surface area contributed by atoms with Crippen molar-refractivity contribution in [3.05, 3.63) is 35.6 Å². The van der Waals surface area contributed by atoms with Crippen molar-refractivity contribution in [2.45, 2.75) is 6.17 Å².